The smallest absolute Gasteiger partial charge is 0.328 e. The van der Waals surface area contributed by atoms with Crippen molar-refractivity contribution in [2.24, 2.45) is 9.98 Å². The summed E-state index contributed by atoms with van der Waals surface area (Å²) in [4.78, 5) is 70.6. The van der Waals surface area contributed by atoms with Gasteiger partial charge in [0.15, 0.2) is 36.3 Å². The van der Waals surface area contributed by atoms with Gasteiger partial charge < -0.3 is 40.4 Å². The number of halogens is 4. The van der Waals surface area contributed by atoms with Crippen molar-refractivity contribution in [1.82, 2.24) is 40.0 Å². The zero-order chi connectivity index (χ0) is 43.2. The van der Waals surface area contributed by atoms with Gasteiger partial charge in [-0.1, -0.05) is 58.5 Å². The fraction of sp³-hybridized carbons (Fsp3) is 0.550. The number of likely N-dealkylation sites (N-methyl/N-ethyl adjacent to an activating group) is 4. The van der Waals surface area contributed by atoms with Crippen LogP contribution in [-0.2, 0) is 22.7 Å². The van der Waals surface area contributed by atoms with E-state index >= 15 is 0 Å². The zero-order valence-corrected chi connectivity index (χ0v) is 36.8. The Kier molecular flexibility index (Phi) is 13.3. The lowest BCUT2D eigenvalue weighted by atomic mass is 9.93. The Morgan fingerprint density at radius 3 is 1.32 bits per heavy atom. The molecule has 2 aromatic rings. The van der Waals surface area contributed by atoms with E-state index in [0.29, 0.717) is 56.0 Å². The predicted molar refractivity (Wildman–Crippen MR) is 229 cm³/mol. The Bertz CT molecular complexity index is 1930. The van der Waals surface area contributed by atoms with E-state index in [1.165, 1.54) is 19.6 Å². The van der Waals surface area contributed by atoms with Crippen LogP contribution in [0, 0.1) is 0 Å². The second kappa shape index (κ2) is 18.1. The maximum Gasteiger partial charge on any atom is 0.328 e. The number of rotatable bonds is 6. The van der Waals surface area contributed by atoms with Crippen LogP contribution in [-0.4, -0.2) is 152 Å². The molecule has 0 bridgehead atoms. The van der Waals surface area contributed by atoms with Gasteiger partial charge in [-0.25, -0.2) is 19.6 Å². The standard InChI is InChI=1S/2C20H25Cl2N5O3/c2*1-25-16-17(24-19(25)23-12-4-3-5-13(28)9-12)26(2)20(30)27(18(16)29)10-11-6-7-14(21)15(22)8-11/h2*6-8,12-13,16-17,28H,3-5,9-10H2,1-2H3,(H,23,24)/t2*12-,13+,16?,17?/m10/s1. The Balaban J connectivity index is 0.000000181. The molecule has 6 aliphatic rings. The average molecular weight is 909 g/mol. The molecule has 0 aromatic heterocycles. The third kappa shape index (κ3) is 8.95. The highest BCUT2D eigenvalue weighted by Gasteiger charge is 2.52. The van der Waals surface area contributed by atoms with Crippen molar-refractivity contribution in [3.8, 4) is 0 Å². The second-order valence-electron chi connectivity index (χ2n) is 16.3. The molecule has 4 heterocycles. The zero-order valence-electron chi connectivity index (χ0n) is 33.8. The number of guanidine groups is 2. The normalized spacial score (nSPS) is 29.2. The van der Waals surface area contributed by atoms with Crippen LogP contribution in [0.1, 0.15) is 62.5 Å². The maximum absolute atomic E-state index is 13.3. The number of hydrogen-bond acceptors (Lipinski definition) is 12. The van der Waals surface area contributed by atoms with Gasteiger partial charge in [-0.15, -0.1) is 0 Å². The summed E-state index contributed by atoms with van der Waals surface area (Å²) >= 11 is 24.1. The lowest BCUT2D eigenvalue weighted by Gasteiger charge is -2.40. The summed E-state index contributed by atoms with van der Waals surface area (Å²) in [6, 6.07) is 8.28. The van der Waals surface area contributed by atoms with Gasteiger partial charge >= 0.3 is 12.1 Å². The first-order valence-electron chi connectivity index (χ1n) is 20.1. The molecular weight excluding hydrogens is 858 g/mol. The van der Waals surface area contributed by atoms with Crippen molar-refractivity contribution in [1.29, 1.82) is 0 Å². The molecule has 16 nitrogen and oxygen atoms in total. The van der Waals surface area contributed by atoms with Crippen LogP contribution in [0.4, 0.5) is 9.59 Å². The summed E-state index contributed by atoms with van der Waals surface area (Å²) in [6.07, 6.45) is 4.86. The van der Waals surface area contributed by atoms with Crippen LogP contribution < -0.4 is 10.6 Å². The Labute approximate surface area is 369 Å². The van der Waals surface area contributed by atoms with E-state index < -0.39 is 36.5 Å². The molecule has 20 heteroatoms. The summed E-state index contributed by atoms with van der Waals surface area (Å²) in [7, 11) is 6.90. The van der Waals surface area contributed by atoms with Gasteiger partial charge in [0, 0.05) is 40.3 Å². The van der Waals surface area contributed by atoms with Crippen molar-refractivity contribution in [2.45, 2.75) is 113 Å². The third-order valence-electron chi connectivity index (χ3n) is 12.1. The van der Waals surface area contributed by atoms with Gasteiger partial charge in [-0.05, 0) is 86.8 Å². The fourth-order valence-electron chi connectivity index (χ4n) is 8.70. The number of imide groups is 2. The maximum atomic E-state index is 13.3. The molecule has 0 radical (unpaired) electrons. The lowest BCUT2D eigenvalue weighted by Crippen LogP contribution is -2.64. The number of hydrogen-bond donors (Lipinski definition) is 4. The van der Waals surface area contributed by atoms with Crippen molar-refractivity contribution in [3.05, 3.63) is 67.6 Å². The minimum Gasteiger partial charge on any atom is -0.393 e. The highest BCUT2D eigenvalue weighted by Crippen LogP contribution is 2.32. The molecule has 2 aliphatic carbocycles. The molecular formula is C40H50Cl4N10O6. The summed E-state index contributed by atoms with van der Waals surface area (Å²) in [5.74, 6) is 0.545. The number of urea groups is 2. The van der Waals surface area contributed by atoms with Crippen molar-refractivity contribution in [3.63, 3.8) is 0 Å². The van der Waals surface area contributed by atoms with Gasteiger partial charge in [-0.3, -0.25) is 19.4 Å². The molecule has 8 atom stereocenters. The number of nitrogens with one attached hydrogen (secondary N) is 2. The van der Waals surface area contributed by atoms with E-state index in [4.69, 9.17) is 46.4 Å². The first-order chi connectivity index (χ1) is 28.5. The van der Waals surface area contributed by atoms with E-state index in [1.54, 1.807) is 74.4 Å². The lowest BCUT2D eigenvalue weighted by molar-refractivity contribution is -0.138. The second-order valence-corrected chi connectivity index (χ2v) is 17.9. The molecule has 4 fully saturated rings. The number of benzene rings is 2. The largest absolute Gasteiger partial charge is 0.393 e. The van der Waals surface area contributed by atoms with Gasteiger partial charge in [0.1, 0.15) is 0 Å². The van der Waals surface area contributed by atoms with Gasteiger partial charge in [0.25, 0.3) is 11.8 Å². The molecule has 2 saturated carbocycles. The van der Waals surface area contributed by atoms with E-state index in [-0.39, 0.29) is 49.2 Å². The molecule has 2 aromatic carbocycles. The first-order valence-corrected chi connectivity index (χ1v) is 21.6. The quantitative estimate of drug-likeness (QED) is 0.322. The molecule has 8 rings (SSSR count). The number of aliphatic hydroxyl groups excluding tert-OH is 2. The minimum atomic E-state index is -0.605. The molecule has 4 N–H and O–H groups in total. The Morgan fingerprint density at radius 1 is 0.583 bits per heavy atom. The van der Waals surface area contributed by atoms with Crippen molar-refractivity contribution < 1.29 is 29.4 Å². The van der Waals surface area contributed by atoms with Gasteiger partial charge in [-0.2, -0.15) is 0 Å². The summed E-state index contributed by atoms with van der Waals surface area (Å²) in [5, 5.41) is 28.2. The SMILES string of the molecule is CN1C(=O)N(Cc2ccc(Cl)c(Cl)c2)C(=O)C2C1N=C(N[C@@H]1CCC[C@H](O)C1)N2C.CN1C(=O)N(Cc2ccc(Cl)c(Cl)c2)C(=O)C2C1N=C(N[C@H]1CCC[C@@H](O)C1)N2C. The van der Waals surface area contributed by atoms with Gasteiger partial charge in [0.05, 0.1) is 45.4 Å². The average Bonchev–Trinajstić information content (AvgIpc) is 3.71. The predicted octanol–water partition coefficient (Wildman–Crippen LogP) is 4.55. The van der Waals surface area contributed by atoms with E-state index in [9.17, 15) is 29.4 Å². The van der Waals surface area contributed by atoms with Gasteiger partial charge in [0.2, 0.25) is 0 Å². The van der Waals surface area contributed by atoms with Crippen LogP contribution in [0.3, 0.4) is 0 Å². The number of aliphatic hydroxyl groups is 2. The Hall–Kier alpha value is -4.06. The number of carbonyl (C=O) groups is 4. The molecule has 0 spiro atoms. The monoisotopic (exact) mass is 906 g/mol. The highest BCUT2D eigenvalue weighted by atomic mass is 35.5. The molecule has 6 amide bonds. The van der Waals surface area contributed by atoms with Crippen LogP contribution in [0.5, 0.6) is 0 Å². The third-order valence-corrected chi connectivity index (χ3v) is 13.6. The Morgan fingerprint density at radius 2 is 0.967 bits per heavy atom. The van der Waals surface area contributed by atoms with E-state index in [1.807, 2.05) is 0 Å². The number of amides is 6. The molecule has 4 aliphatic heterocycles. The first kappa shape index (κ1) is 44.0. The fourth-order valence-corrected chi connectivity index (χ4v) is 9.34. The molecule has 2 saturated heterocycles. The van der Waals surface area contributed by atoms with E-state index in [0.717, 1.165) is 38.5 Å². The molecule has 324 valence electrons. The number of aliphatic imine (C=N–C) groups is 2. The van der Waals surface area contributed by atoms with Crippen LogP contribution in [0.15, 0.2) is 46.4 Å². The van der Waals surface area contributed by atoms with E-state index in [2.05, 4.69) is 20.6 Å². The number of fused-ring (bicyclic) bond motifs is 2. The highest BCUT2D eigenvalue weighted by molar-refractivity contribution is 6.42. The minimum absolute atomic E-state index is 0.0959. The summed E-state index contributed by atoms with van der Waals surface area (Å²) in [5.41, 5.74) is 1.43. The summed E-state index contributed by atoms with van der Waals surface area (Å²) < 4.78 is 0. The van der Waals surface area contributed by atoms with Crippen LogP contribution in [0.2, 0.25) is 20.1 Å². The van der Waals surface area contributed by atoms with Crippen molar-refractivity contribution in [2.75, 3.05) is 28.2 Å². The summed E-state index contributed by atoms with van der Waals surface area (Å²) in [6.45, 7) is 0.209. The molecule has 4 unspecified atom stereocenters. The topological polar surface area (TPSA) is 177 Å². The van der Waals surface area contributed by atoms with Crippen LogP contribution >= 0.6 is 46.4 Å². The van der Waals surface area contributed by atoms with Crippen molar-refractivity contribution >= 4 is 82.2 Å². The number of carbonyl (C=O) groups excluding carboxylic acids is 4. The molecule has 60 heavy (non-hydrogen) atoms. The number of nitrogens with zero attached hydrogens (tertiary/aromatic N) is 8. The van der Waals surface area contributed by atoms with Crippen LogP contribution in [0.25, 0.3) is 0 Å².